The fourth-order valence-electron chi connectivity index (χ4n) is 4.67. The number of amides is 2. The van der Waals surface area contributed by atoms with Crippen LogP contribution in [0.5, 0.6) is 11.5 Å². The Morgan fingerprint density at radius 2 is 1.35 bits per heavy atom. The van der Waals surface area contributed by atoms with Crippen molar-refractivity contribution in [2.75, 3.05) is 14.2 Å². The number of carbonyl (C=O) groups excluding carboxylic acids is 2. The van der Waals surface area contributed by atoms with Gasteiger partial charge in [-0.25, -0.2) is 0 Å². The molecule has 4 aromatic rings. The number of hydrogen-bond donors (Lipinski definition) is 1. The number of carbonyl (C=O) groups is 2. The molecule has 1 atom stereocenters. The zero-order chi connectivity index (χ0) is 28.2. The van der Waals surface area contributed by atoms with Crippen LogP contribution in [0.3, 0.4) is 0 Å². The van der Waals surface area contributed by atoms with Gasteiger partial charge in [0, 0.05) is 31.5 Å². The minimum absolute atomic E-state index is 0.0759. The Balaban J connectivity index is 1.62. The third-order valence-corrected chi connectivity index (χ3v) is 6.90. The lowest BCUT2D eigenvalue weighted by Crippen LogP contribution is -2.50. The first kappa shape index (κ1) is 28.4. The Morgan fingerprint density at radius 1 is 0.725 bits per heavy atom. The first-order valence-electron chi connectivity index (χ1n) is 13.5. The maximum absolute atomic E-state index is 13.9. The lowest BCUT2D eigenvalue weighted by Gasteiger charge is -2.32. The molecule has 0 aliphatic heterocycles. The summed E-state index contributed by atoms with van der Waals surface area (Å²) >= 11 is 0. The van der Waals surface area contributed by atoms with E-state index in [2.05, 4.69) is 5.32 Å². The van der Waals surface area contributed by atoms with Crippen LogP contribution in [0.2, 0.25) is 0 Å². The molecule has 0 saturated carbocycles. The molecule has 6 heteroatoms. The maximum Gasteiger partial charge on any atom is 0.243 e. The van der Waals surface area contributed by atoms with Crippen LogP contribution in [0.4, 0.5) is 0 Å². The zero-order valence-electron chi connectivity index (χ0n) is 23.1. The molecule has 0 fully saturated rings. The Labute approximate surface area is 236 Å². The minimum Gasteiger partial charge on any atom is -0.497 e. The second-order valence-corrected chi connectivity index (χ2v) is 9.59. The first-order valence-corrected chi connectivity index (χ1v) is 13.5. The molecule has 0 radical (unpaired) electrons. The molecule has 0 heterocycles. The fraction of sp³-hybridized carbons (Fsp3) is 0.235. The van der Waals surface area contributed by atoms with Gasteiger partial charge in [-0.3, -0.25) is 9.59 Å². The van der Waals surface area contributed by atoms with Crippen LogP contribution in [0.1, 0.15) is 28.7 Å². The number of para-hydroxylation sites is 1. The molecule has 40 heavy (non-hydrogen) atoms. The van der Waals surface area contributed by atoms with Gasteiger partial charge in [-0.1, -0.05) is 91.0 Å². The van der Waals surface area contributed by atoms with Crippen LogP contribution in [-0.2, 0) is 35.5 Å². The Hall–Kier alpha value is -4.58. The predicted molar refractivity (Wildman–Crippen MR) is 157 cm³/mol. The number of aryl methyl sites for hydroxylation is 1. The summed E-state index contributed by atoms with van der Waals surface area (Å²) in [4.78, 5) is 29.4. The highest BCUT2D eigenvalue weighted by molar-refractivity contribution is 5.88. The van der Waals surface area contributed by atoms with Crippen molar-refractivity contribution in [3.63, 3.8) is 0 Å². The van der Waals surface area contributed by atoms with Crippen LogP contribution in [0, 0.1) is 0 Å². The summed E-state index contributed by atoms with van der Waals surface area (Å²) in [7, 11) is 3.23. The van der Waals surface area contributed by atoms with E-state index in [1.54, 1.807) is 19.1 Å². The van der Waals surface area contributed by atoms with Crippen LogP contribution in [0.15, 0.2) is 109 Å². The number of rotatable bonds is 13. The van der Waals surface area contributed by atoms with Crippen molar-refractivity contribution < 1.29 is 19.1 Å². The summed E-state index contributed by atoms with van der Waals surface area (Å²) in [5.74, 6) is 1.15. The average molecular weight is 537 g/mol. The van der Waals surface area contributed by atoms with Crippen molar-refractivity contribution in [1.29, 1.82) is 0 Å². The highest BCUT2D eigenvalue weighted by atomic mass is 16.5. The molecule has 1 N–H and O–H groups in total. The van der Waals surface area contributed by atoms with Crippen LogP contribution in [0.25, 0.3) is 0 Å². The van der Waals surface area contributed by atoms with E-state index in [1.165, 1.54) is 0 Å². The monoisotopic (exact) mass is 536 g/mol. The molecule has 0 aromatic heterocycles. The SMILES string of the molecule is COc1ccc(CN(C(=O)CCc2ccccc2)[C@@H](Cc2ccccc2)C(=O)NCc2ccccc2OC)cc1. The summed E-state index contributed by atoms with van der Waals surface area (Å²) in [6.07, 6.45) is 1.29. The van der Waals surface area contributed by atoms with Crippen LogP contribution < -0.4 is 14.8 Å². The molecule has 0 spiro atoms. The number of methoxy groups -OCH3 is 2. The third kappa shape index (κ3) is 7.96. The van der Waals surface area contributed by atoms with Crippen molar-refractivity contribution in [1.82, 2.24) is 10.2 Å². The molecule has 0 unspecified atom stereocenters. The largest absolute Gasteiger partial charge is 0.497 e. The van der Waals surface area contributed by atoms with E-state index >= 15 is 0 Å². The maximum atomic E-state index is 13.9. The third-order valence-electron chi connectivity index (χ3n) is 6.90. The van der Waals surface area contributed by atoms with Crippen LogP contribution >= 0.6 is 0 Å². The molecule has 0 aliphatic rings. The second kappa shape index (κ2) is 14.5. The van der Waals surface area contributed by atoms with E-state index in [0.29, 0.717) is 38.1 Å². The molecule has 0 saturated heterocycles. The van der Waals surface area contributed by atoms with Crippen molar-refractivity contribution in [2.24, 2.45) is 0 Å². The molecule has 4 aromatic carbocycles. The minimum atomic E-state index is -0.706. The van der Waals surface area contributed by atoms with Gasteiger partial charge in [0.1, 0.15) is 17.5 Å². The first-order chi connectivity index (χ1) is 19.6. The standard InChI is InChI=1S/C34H36N2O4/c1-39-30-20-17-28(18-21-30)25-36(33(37)22-19-26-11-5-3-6-12-26)31(23-27-13-7-4-8-14-27)34(38)35-24-29-15-9-10-16-32(29)40-2/h3-18,20-21,31H,19,22-25H2,1-2H3,(H,35,38)/t31-/m0/s1. The van der Waals surface area contributed by atoms with Gasteiger partial charge < -0.3 is 19.7 Å². The lowest BCUT2D eigenvalue weighted by atomic mass is 10.0. The molecule has 0 bridgehead atoms. The van der Waals surface area contributed by atoms with Crippen LogP contribution in [-0.4, -0.2) is 37.0 Å². The summed E-state index contributed by atoms with van der Waals surface area (Å²) in [6, 6.07) is 34.2. The molecule has 2 amide bonds. The van der Waals surface area contributed by atoms with Crippen molar-refractivity contribution in [3.8, 4) is 11.5 Å². The van der Waals surface area contributed by atoms with Gasteiger partial charge in [-0.05, 0) is 41.3 Å². The zero-order valence-corrected chi connectivity index (χ0v) is 23.1. The summed E-state index contributed by atoms with van der Waals surface area (Å²) in [5.41, 5.74) is 3.86. The summed E-state index contributed by atoms with van der Waals surface area (Å²) in [5, 5.41) is 3.07. The highest BCUT2D eigenvalue weighted by Crippen LogP contribution is 2.20. The predicted octanol–water partition coefficient (Wildman–Crippen LogP) is 5.59. The van der Waals surface area contributed by atoms with E-state index in [4.69, 9.17) is 9.47 Å². The van der Waals surface area contributed by atoms with Gasteiger partial charge in [0.15, 0.2) is 0 Å². The Kier molecular flexibility index (Phi) is 10.3. The van der Waals surface area contributed by atoms with E-state index in [9.17, 15) is 9.59 Å². The van der Waals surface area contributed by atoms with Crippen molar-refractivity contribution >= 4 is 11.8 Å². The van der Waals surface area contributed by atoms with E-state index in [1.807, 2.05) is 109 Å². The smallest absolute Gasteiger partial charge is 0.243 e. The topological polar surface area (TPSA) is 67.9 Å². The fourth-order valence-corrected chi connectivity index (χ4v) is 4.67. The molecule has 0 aliphatic carbocycles. The number of ether oxygens (including phenoxy) is 2. The van der Waals surface area contributed by atoms with Gasteiger partial charge >= 0.3 is 0 Å². The van der Waals surface area contributed by atoms with E-state index in [-0.39, 0.29) is 11.8 Å². The number of nitrogens with zero attached hydrogens (tertiary/aromatic N) is 1. The quantitative estimate of drug-likeness (QED) is 0.242. The van der Waals surface area contributed by atoms with Gasteiger partial charge in [0.05, 0.1) is 14.2 Å². The Bertz CT molecular complexity index is 1360. The summed E-state index contributed by atoms with van der Waals surface area (Å²) < 4.78 is 10.8. The number of nitrogens with one attached hydrogen (secondary N) is 1. The van der Waals surface area contributed by atoms with Crippen molar-refractivity contribution in [3.05, 3.63) is 131 Å². The lowest BCUT2D eigenvalue weighted by molar-refractivity contribution is -0.141. The number of benzene rings is 4. The molecular weight excluding hydrogens is 500 g/mol. The van der Waals surface area contributed by atoms with Crippen molar-refractivity contribution in [2.45, 2.75) is 38.4 Å². The normalized spacial score (nSPS) is 11.3. The summed E-state index contributed by atoms with van der Waals surface area (Å²) in [6.45, 7) is 0.597. The average Bonchev–Trinajstić information content (AvgIpc) is 3.01. The molecule has 4 rings (SSSR count). The van der Waals surface area contributed by atoms with Gasteiger partial charge in [0.2, 0.25) is 11.8 Å². The molecule has 206 valence electrons. The second-order valence-electron chi connectivity index (χ2n) is 9.59. The van der Waals surface area contributed by atoms with Gasteiger partial charge in [0.25, 0.3) is 0 Å². The Morgan fingerprint density at radius 3 is 2.00 bits per heavy atom. The van der Waals surface area contributed by atoms with Gasteiger partial charge in [-0.2, -0.15) is 0 Å². The molecular formula is C34H36N2O4. The molecule has 6 nitrogen and oxygen atoms in total. The van der Waals surface area contributed by atoms with Gasteiger partial charge in [-0.15, -0.1) is 0 Å². The van der Waals surface area contributed by atoms with E-state index in [0.717, 1.165) is 28.0 Å². The van der Waals surface area contributed by atoms with E-state index < -0.39 is 6.04 Å². The number of hydrogen-bond acceptors (Lipinski definition) is 4. The highest BCUT2D eigenvalue weighted by Gasteiger charge is 2.30.